The fourth-order valence-corrected chi connectivity index (χ4v) is 4.18. The molecule has 4 rings (SSSR count). The molecule has 0 unspecified atom stereocenters. The van der Waals surface area contributed by atoms with Gasteiger partial charge >= 0.3 is 0 Å². The van der Waals surface area contributed by atoms with Crippen LogP contribution in [0.5, 0.6) is 11.5 Å². The monoisotopic (exact) mass is 396 g/mol. The molecule has 2 aromatic carbocycles. The minimum Gasteiger partial charge on any atom is -0.497 e. The molecule has 0 radical (unpaired) electrons. The van der Waals surface area contributed by atoms with E-state index in [-0.39, 0.29) is 24.3 Å². The normalized spacial score (nSPS) is 20.3. The Balaban J connectivity index is 1.48. The lowest BCUT2D eigenvalue weighted by Gasteiger charge is -2.35. The van der Waals surface area contributed by atoms with E-state index < -0.39 is 0 Å². The van der Waals surface area contributed by atoms with E-state index in [0.29, 0.717) is 17.2 Å². The lowest BCUT2D eigenvalue weighted by Crippen LogP contribution is -3.19. The molecule has 7 heteroatoms. The van der Waals surface area contributed by atoms with Gasteiger partial charge in [-0.15, -0.1) is 0 Å². The second-order valence-electron chi connectivity index (χ2n) is 7.38. The first kappa shape index (κ1) is 19.3. The molecule has 1 N–H and O–H groups in total. The third-order valence-electron chi connectivity index (χ3n) is 5.76. The first-order chi connectivity index (χ1) is 14.1. The van der Waals surface area contributed by atoms with Gasteiger partial charge in [-0.25, -0.2) is 4.90 Å². The summed E-state index contributed by atoms with van der Waals surface area (Å²) in [6.45, 7) is 3.39. The third-order valence-corrected chi connectivity index (χ3v) is 5.76. The highest BCUT2D eigenvalue weighted by Crippen LogP contribution is 2.31. The van der Waals surface area contributed by atoms with Crippen LogP contribution in [0.4, 0.5) is 11.4 Å². The number of methoxy groups -OCH3 is 2. The summed E-state index contributed by atoms with van der Waals surface area (Å²) in [5, 5.41) is 0. The second-order valence-corrected chi connectivity index (χ2v) is 7.38. The van der Waals surface area contributed by atoms with Gasteiger partial charge in [-0.2, -0.15) is 0 Å². The van der Waals surface area contributed by atoms with E-state index in [1.807, 2.05) is 18.2 Å². The average molecular weight is 396 g/mol. The topological polar surface area (TPSA) is 63.5 Å². The highest BCUT2D eigenvalue weighted by molar-refractivity contribution is 6.22. The smallest absolute Gasteiger partial charge is 0.292 e. The number of carbonyl (C=O) groups excluding carboxylic acids is 2. The largest absolute Gasteiger partial charge is 0.497 e. The van der Waals surface area contributed by atoms with Crippen molar-refractivity contribution in [2.45, 2.75) is 12.5 Å². The van der Waals surface area contributed by atoms with Crippen molar-refractivity contribution in [2.24, 2.45) is 0 Å². The van der Waals surface area contributed by atoms with Crippen LogP contribution in [-0.4, -0.2) is 58.3 Å². The maximum Gasteiger partial charge on any atom is 0.292 e. The van der Waals surface area contributed by atoms with E-state index >= 15 is 0 Å². The minimum atomic E-state index is -0.336. The maximum atomic E-state index is 13.2. The van der Waals surface area contributed by atoms with Crippen LogP contribution in [0.2, 0.25) is 0 Å². The summed E-state index contributed by atoms with van der Waals surface area (Å²) in [6, 6.07) is 15.1. The number of piperazine rings is 1. The number of nitrogens with zero attached hydrogens (tertiary/aromatic N) is 2. The number of ether oxygens (including phenoxy) is 2. The summed E-state index contributed by atoms with van der Waals surface area (Å²) in [6.07, 6.45) is 0.235. The molecular weight excluding hydrogens is 370 g/mol. The first-order valence-corrected chi connectivity index (χ1v) is 9.85. The molecule has 0 aliphatic carbocycles. The zero-order valence-electron chi connectivity index (χ0n) is 16.8. The van der Waals surface area contributed by atoms with Crippen LogP contribution in [0.25, 0.3) is 0 Å². The number of amides is 2. The number of quaternary nitrogens is 1. The van der Waals surface area contributed by atoms with Crippen molar-refractivity contribution in [3.63, 3.8) is 0 Å². The van der Waals surface area contributed by atoms with Gasteiger partial charge in [0.1, 0.15) is 11.5 Å². The van der Waals surface area contributed by atoms with Gasteiger partial charge in [0.2, 0.25) is 5.91 Å². The van der Waals surface area contributed by atoms with Crippen LogP contribution in [0.1, 0.15) is 6.42 Å². The zero-order chi connectivity index (χ0) is 20.4. The summed E-state index contributed by atoms with van der Waals surface area (Å²) in [7, 11) is 3.09. The molecule has 2 fully saturated rings. The van der Waals surface area contributed by atoms with E-state index in [0.717, 1.165) is 26.2 Å². The maximum absolute atomic E-state index is 13.2. The van der Waals surface area contributed by atoms with E-state index in [9.17, 15) is 9.59 Å². The Morgan fingerprint density at radius 3 is 2.10 bits per heavy atom. The SMILES string of the molecule is COc1cc(OC)cc(N2C(=O)C[C@@H]([NH+]3CCN(c4ccccc4)CC3)C2=O)c1. The number of imide groups is 1. The average Bonchev–Trinajstić information content (AvgIpc) is 3.08. The molecular formula is C22H26N3O4+. The molecule has 0 spiro atoms. The van der Waals surface area contributed by atoms with E-state index in [1.54, 1.807) is 32.4 Å². The van der Waals surface area contributed by atoms with Crippen LogP contribution in [-0.2, 0) is 9.59 Å². The Kier molecular flexibility index (Phi) is 5.40. The summed E-state index contributed by atoms with van der Waals surface area (Å²) < 4.78 is 10.6. The van der Waals surface area contributed by atoms with Crippen molar-refractivity contribution < 1.29 is 24.0 Å². The predicted octanol–water partition coefficient (Wildman–Crippen LogP) is 0.741. The Bertz CT molecular complexity index is 872. The van der Waals surface area contributed by atoms with Gasteiger partial charge in [-0.05, 0) is 12.1 Å². The van der Waals surface area contributed by atoms with Crippen molar-refractivity contribution in [3.05, 3.63) is 48.5 Å². The molecule has 2 amide bonds. The molecule has 7 nitrogen and oxygen atoms in total. The fourth-order valence-electron chi connectivity index (χ4n) is 4.18. The van der Waals surface area contributed by atoms with Crippen LogP contribution < -0.4 is 24.2 Å². The van der Waals surface area contributed by atoms with Crippen LogP contribution in [0, 0.1) is 0 Å². The summed E-state index contributed by atoms with van der Waals surface area (Å²) in [4.78, 5) is 30.7. The molecule has 152 valence electrons. The van der Waals surface area contributed by atoms with Gasteiger partial charge in [-0.3, -0.25) is 9.59 Å². The number of rotatable bonds is 5. The summed E-state index contributed by atoms with van der Waals surface area (Å²) in [5.41, 5.74) is 1.70. The Labute approximate surface area is 170 Å². The lowest BCUT2D eigenvalue weighted by molar-refractivity contribution is -0.915. The number of carbonyl (C=O) groups is 2. The molecule has 29 heavy (non-hydrogen) atoms. The number of hydrogen-bond donors (Lipinski definition) is 1. The standard InChI is InChI=1S/C22H25N3O4/c1-28-18-12-17(13-19(14-18)29-2)25-21(26)15-20(22(25)27)24-10-8-23(9-11-24)16-6-4-3-5-7-16/h3-7,12-14,20H,8-11,15H2,1-2H3/p+1/t20-/m1/s1. The number of benzene rings is 2. The third kappa shape index (κ3) is 3.78. The Morgan fingerprint density at radius 2 is 1.52 bits per heavy atom. The molecule has 2 saturated heterocycles. The highest BCUT2D eigenvalue weighted by atomic mass is 16.5. The van der Waals surface area contributed by atoms with Crippen molar-refractivity contribution in [1.82, 2.24) is 0 Å². The summed E-state index contributed by atoms with van der Waals surface area (Å²) >= 11 is 0. The highest BCUT2D eigenvalue weighted by Gasteiger charge is 2.46. The number of hydrogen-bond acceptors (Lipinski definition) is 5. The van der Waals surface area contributed by atoms with Crippen molar-refractivity contribution in [2.75, 3.05) is 50.2 Å². The van der Waals surface area contributed by atoms with E-state index in [4.69, 9.17) is 9.47 Å². The minimum absolute atomic E-state index is 0.145. The van der Waals surface area contributed by atoms with Crippen LogP contribution in [0.15, 0.2) is 48.5 Å². The zero-order valence-corrected chi connectivity index (χ0v) is 16.8. The van der Waals surface area contributed by atoms with E-state index in [1.165, 1.54) is 15.5 Å². The van der Waals surface area contributed by atoms with Crippen molar-refractivity contribution in [3.8, 4) is 11.5 Å². The second kappa shape index (κ2) is 8.13. The number of nitrogens with one attached hydrogen (secondary N) is 1. The summed E-state index contributed by atoms with van der Waals surface area (Å²) in [5.74, 6) is 0.779. The van der Waals surface area contributed by atoms with Gasteiger partial charge < -0.3 is 19.3 Å². The number of para-hydroxylation sites is 1. The lowest BCUT2D eigenvalue weighted by atomic mass is 10.1. The first-order valence-electron chi connectivity index (χ1n) is 9.85. The molecule has 0 saturated carbocycles. The molecule has 0 bridgehead atoms. The number of anilines is 2. The van der Waals surface area contributed by atoms with Gasteiger partial charge in [0.05, 0.1) is 52.5 Å². The molecule has 2 aliphatic heterocycles. The van der Waals surface area contributed by atoms with E-state index in [2.05, 4.69) is 17.0 Å². The molecule has 1 atom stereocenters. The van der Waals surface area contributed by atoms with Gasteiger partial charge in [-0.1, -0.05) is 18.2 Å². The molecule has 2 heterocycles. The molecule has 2 aliphatic rings. The van der Waals surface area contributed by atoms with Gasteiger partial charge in [0.15, 0.2) is 6.04 Å². The fraction of sp³-hybridized carbons (Fsp3) is 0.364. The Hall–Kier alpha value is -3.06. The quantitative estimate of drug-likeness (QED) is 0.756. The van der Waals surface area contributed by atoms with Crippen molar-refractivity contribution in [1.29, 1.82) is 0 Å². The Morgan fingerprint density at radius 1 is 0.897 bits per heavy atom. The van der Waals surface area contributed by atoms with Crippen molar-refractivity contribution >= 4 is 23.2 Å². The van der Waals surface area contributed by atoms with Gasteiger partial charge in [0.25, 0.3) is 5.91 Å². The molecule has 2 aromatic rings. The van der Waals surface area contributed by atoms with Gasteiger partial charge in [0, 0.05) is 23.9 Å². The molecule has 0 aromatic heterocycles. The van der Waals surface area contributed by atoms with Crippen LogP contribution >= 0.6 is 0 Å². The van der Waals surface area contributed by atoms with Crippen LogP contribution in [0.3, 0.4) is 0 Å². The predicted molar refractivity (Wildman–Crippen MR) is 110 cm³/mol.